The maximum absolute atomic E-state index is 9.14. The van der Waals surface area contributed by atoms with Crippen LogP contribution in [0.4, 0.5) is 5.82 Å². The van der Waals surface area contributed by atoms with Crippen LogP contribution < -0.4 is 10.5 Å². The van der Waals surface area contributed by atoms with Crippen molar-refractivity contribution in [2.24, 2.45) is 0 Å². The molecule has 0 radical (unpaired) electrons. The lowest BCUT2D eigenvalue weighted by molar-refractivity contribution is 0.240. The summed E-state index contributed by atoms with van der Waals surface area (Å²) in [5, 5.41) is 9.76. The van der Waals surface area contributed by atoms with Crippen LogP contribution in [0.15, 0.2) is 36.8 Å². The summed E-state index contributed by atoms with van der Waals surface area (Å²) in [6, 6.07) is 7.57. The molecular formula is C25H25ClN6O. The van der Waals surface area contributed by atoms with E-state index in [0.29, 0.717) is 16.5 Å². The minimum atomic E-state index is -0.162. The number of halogens is 1. The number of rotatable bonds is 5. The molecule has 8 heteroatoms. The van der Waals surface area contributed by atoms with Crippen molar-refractivity contribution >= 4 is 22.9 Å². The first-order chi connectivity index (χ1) is 15.7. The van der Waals surface area contributed by atoms with E-state index in [4.69, 9.17) is 32.3 Å². The molecule has 0 aliphatic rings. The smallest absolute Gasteiger partial charge is 0.149 e. The average molecular weight is 461 g/mol. The third-order valence-electron chi connectivity index (χ3n) is 5.66. The van der Waals surface area contributed by atoms with E-state index in [2.05, 4.69) is 23.0 Å². The van der Waals surface area contributed by atoms with Crippen molar-refractivity contribution in [2.45, 2.75) is 46.6 Å². The molecule has 0 unspecified atom stereocenters. The van der Waals surface area contributed by atoms with Crippen molar-refractivity contribution < 1.29 is 4.74 Å². The molecule has 0 aliphatic heterocycles. The van der Waals surface area contributed by atoms with Gasteiger partial charge in [-0.25, -0.2) is 15.0 Å². The summed E-state index contributed by atoms with van der Waals surface area (Å²) in [6.45, 7) is 9.92. The van der Waals surface area contributed by atoms with Crippen molar-refractivity contribution in [3.8, 4) is 22.9 Å². The highest BCUT2D eigenvalue weighted by Gasteiger charge is 2.26. The minimum Gasteiger partial charge on any atom is -0.490 e. The predicted octanol–water partition coefficient (Wildman–Crippen LogP) is 5.45. The van der Waals surface area contributed by atoms with Gasteiger partial charge in [0.15, 0.2) is 0 Å². The van der Waals surface area contributed by atoms with E-state index >= 15 is 0 Å². The molecule has 4 rings (SSSR count). The summed E-state index contributed by atoms with van der Waals surface area (Å²) in [7, 11) is 0. The number of hydrogen-bond donors (Lipinski definition) is 1. The Morgan fingerprint density at radius 1 is 1.18 bits per heavy atom. The number of aromatic nitrogens is 4. The van der Waals surface area contributed by atoms with Crippen LogP contribution in [-0.2, 0) is 0 Å². The Balaban J connectivity index is 1.98. The normalized spacial score (nSPS) is 12.2. The van der Waals surface area contributed by atoms with E-state index in [0.717, 1.165) is 45.0 Å². The molecule has 0 fully saturated rings. The lowest BCUT2D eigenvalue weighted by atomic mass is 9.91. The lowest BCUT2D eigenvalue weighted by Gasteiger charge is -2.24. The number of nitriles is 1. The van der Waals surface area contributed by atoms with Crippen LogP contribution in [-0.4, -0.2) is 25.5 Å². The number of pyridine rings is 1. The van der Waals surface area contributed by atoms with Gasteiger partial charge in [0.05, 0.1) is 11.8 Å². The van der Waals surface area contributed by atoms with Crippen LogP contribution in [0.1, 0.15) is 55.0 Å². The highest BCUT2D eigenvalue weighted by Crippen LogP contribution is 2.44. The fraction of sp³-hybridized carbons (Fsp3) is 0.280. The maximum Gasteiger partial charge on any atom is 0.149 e. The lowest BCUT2D eigenvalue weighted by Crippen LogP contribution is -2.12. The van der Waals surface area contributed by atoms with E-state index in [1.165, 1.54) is 0 Å². The van der Waals surface area contributed by atoms with Crippen LogP contribution in [0, 0.1) is 25.2 Å². The largest absolute Gasteiger partial charge is 0.490 e. The fourth-order valence-electron chi connectivity index (χ4n) is 4.10. The Morgan fingerprint density at radius 2 is 1.94 bits per heavy atom. The summed E-state index contributed by atoms with van der Waals surface area (Å²) >= 11 is 6.73. The van der Waals surface area contributed by atoms with Crippen LogP contribution >= 0.6 is 11.6 Å². The number of hydrogen-bond acceptors (Lipinski definition) is 6. The molecular weight excluding hydrogens is 436 g/mol. The second-order valence-electron chi connectivity index (χ2n) is 8.30. The van der Waals surface area contributed by atoms with E-state index in [-0.39, 0.29) is 12.0 Å². The van der Waals surface area contributed by atoms with Crippen LogP contribution in [0.2, 0.25) is 5.02 Å². The summed E-state index contributed by atoms with van der Waals surface area (Å²) in [6.07, 6.45) is 5.14. The van der Waals surface area contributed by atoms with Gasteiger partial charge in [0, 0.05) is 46.2 Å². The van der Waals surface area contributed by atoms with Gasteiger partial charge >= 0.3 is 0 Å². The number of ether oxygens (including phenoxy) is 1. The van der Waals surface area contributed by atoms with Crippen molar-refractivity contribution in [3.05, 3.63) is 70.2 Å². The third kappa shape index (κ3) is 3.98. The Morgan fingerprint density at radius 3 is 2.58 bits per heavy atom. The van der Waals surface area contributed by atoms with Gasteiger partial charge in [-0.1, -0.05) is 18.5 Å². The molecule has 2 N–H and O–H groups in total. The van der Waals surface area contributed by atoms with E-state index in [1.54, 1.807) is 18.5 Å². The van der Waals surface area contributed by atoms with E-state index in [1.807, 2.05) is 50.4 Å². The second kappa shape index (κ2) is 8.72. The van der Waals surface area contributed by atoms with Gasteiger partial charge in [0.25, 0.3) is 0 Å². The number of imidazole rings is 1. The SMILES string of the molecule is Cc1c(Cl)cc([C@@H](C)c2nc(C)c3c(N)nccn23)c(OC(C)C)c1-c1ccc(C#N)nc1. The zero-order valence-electron chi connectivity index (χ0n) is 19.2. The molecule has 4 aromatic rings. The Bertz CT molecular complexity index is 1390. The number of benzene rings is 1. The molecule has 3 heterocycles. The molecule has 1 atom stereocenters. The van der Waals surface area contributed by atoms with Crippen LogP contribution in [0.25, 0.3) is 16.6 Å². The van der Waals surface area contributed by atoms with Crippen molar-refractivity contribution in [3.63, 3.8) is 0 Å². The molecule has 33 heavy (non-hydrogen) atoms. The number of nitrogen functional groups attached to an aromatic ring is 1. The molecule has 7 nitrogen and oxygen atoms in total. The standard InChI is InChI=1S/C25H25ClN6O/c1-13(2)33-23-19(14(3)25-31-16(5)22-24(28)29-8-9-32(22)25)10-20(26)15(4)21(23)17-6-7-18(11-27)30-12-17/h6-10,12-14H,1-5H3,(H2,28,29)/t14-/m1/s1. The van der Waals surface area contributed by atoms with Gasteiger partial charge in [0.2, 0.25) is 0 Å². The highest BCUT2D eigenvalue weighted by molar-refractivity contribution is 6.32. The van der Waals surface area contributed by atoms with Gasteiger partial charge in [0.1, 0.15) is 34.7 Å². The molecule has 0 bridgehead atoms. The first-order valence-electron chi connectivity index (χ1n) is 10.7. The van der Waals surface area contributed by atoms with Gasteiger partial charge < -0.3 is 10.5 Å². The molecule has 3 aromatic heterocycles. The van der Waals surface area contributed by atoms with Crippen LogP contribution in [0.3, 0.4) is 0 Å². The summed E-state index contributed by atoms with van der Waals surface area (Å²) < 4.78 is 8.35. The average Bonchev–Trinajstić information content (AvgIpc) is 3.13. The van der Waals surface area contributed by atoms with Gasteiger partial charge in [-0.2, -0.15) is 5.26 Å². The fourth-order valence-corrected chi connectivity index (χ4v) is 4.31. The first kappa shape index (κ1) is 22.6. The summed E-state index contributed by atoms with van der Waals surface area (Å²) in [5.41, 5.74) is 11.5. The Labute approximate surface area is 197 Å². The summed E-state index contributed by atoms with van der Waals surface area (Å²) in [5.74, 6) is 1.81. The molecule has 0 amide bonds. The van der Waals surface area contributed by atoms with E-state index in [9.17, 15) is 0 Å². The summed E-state index contributed by atoms with van der Waals surface area (Å²) in [4.78, 5) is 13.3. The predicted molar refractivity (Wildman–Crippen MR) is 130 cm³/mol. The third-order valence-corrected chi connectivity index (χ3v) is 6.06. The Hall–Kier alpha value is -3.63. The van der Waals surface area contributed by atoms with E-state index < -0.39 is 0 Å². The Kier molecular flexibility index (Phi) is 5.96. The zero-order chi connectivity index (χ0) is 23.9. The number of aryl methyl sites for hydroxylation is 1. The molecule has 0 saturated carbocycles. The number of fused-ring (bicyclic) bond motifs is 1. The number of anilines is 1. The zero-order valence-corrected chi connectivity index (χ0v) is 20.0. The first-order valence-corrected chi connectivity index (χ1v) is 11.1. The van der Waals surface area contributed by atoms with Crippen molar-refractivity contribution in [1.29, 1.82) is 5.26 Å². The molecule has 0 spiro atoms. The number of nitrogens with zero attached hydrogens (tertiary/aromatic N) is 5. The minimum absolute atomic E-state index is 0.0692. The molecule has 0 aliphatic carbocycles. The van der Waals surface area contributed by atoms with Gasteiger partial charge in [-0.3, -0.25) is 4.40 Å². The van der Waals surface area contributed by atoms with Crippen molar-refractivity contribution in [2.75, 3.05) is 5.73 Å². The van der Waals surface area contributed by atoms with Gasteiger partial charge in [-0.05, 0) is 51.5 Å². The molecule has 1 aromatic carbocycles. The highest BCUT2D eigenvalue weighted by atomic mass is 35.5. The molecule has 0 saturated heterocycles. The number of nitrogens with two attached hydrogens (primary N) is 1. The molecule has 168 valence electrons. The van der Waals surface area contributed by atoms with Crippen LogP contribution in [0.5, 0.6) is 5.75 Å². The van der Waals surface area contributed by atoms with Crippen molar-refractivity contribution in [1.82, 2.24) is 19.4 Å². The topological polar surface area (TPSA) is 102 Å². The van der Waals surface area contributed by atoms with Gasteiger partial charge in [-0.15, -0.1) is 0 Å². The quantitative estimate of drug-likeness (QED) is 0.424. The monoisotopic (exact) mass is 460 g/mol. The maximum atomic E-state index is 9.14. The second-order valence-corrected chi connectivity index (χ2v) is 8.70.